The summed E-state index contributed by atoms with van der Waals surface area (Å²) in [4.78, 5) is 4.85. The Hall–Kier alpha value is -2.32. The molecule has 0 bridgehead atoms. The number of para-hydroxylation sites is 1. The van der Waals surface area contributed by atoms with E-state index in [2.05, 4.69) is 77.1 Å². The molecule has 1 N–H and O–H groups in total. The topological polar surface area (TPSA) is 15.8 Å². The summed E-state index contributed by atoms with van der Waals surface area (Å²) in [6.45, 7) is 0. The van der Waals surface area contributed by atoms with Crippen molar-refractivity contribution in [3.8, 4) is 21.7 Å². The van der Waals surface area contributed by atoms with Crippen LogP contribution < -0.4 is 0 Å². The molecule has 0 aliphatic rings. The van der Waals surface area contributed by atoms with Gasteiger partial charge in [0.15, 0.2) is 0 Å². The van der Waals surface area contributed by atoms with Crippen molar-refractivity contribution in [1.82, 2.24) is 4.98 Å². The van der Waals surface area contributed by atoms with E-state index in [1.165, 1.54) is 32.6 Å². The second-order valence-electron chi connectivity index (χ2n) is 4.76. The highest BCUT2D eigenvalue weighted by Crippen LogP contribution is 2.39. The minimum absolute atomic E-state index is 1.19. The molecule has 0 aliphatic carbocycles. The Bertz CT molecular complexity index is 842. The van der Waals surface area contributed by atoms with Crippen LogP contribution in [0.4, 0.5) is 0 Å². The van der Waals surface area contributed by atoms with Gasteiger partial charge in [0.05, 0.1) is 10.6 Å². The Morgan fingerprint density at radius 2 is 1.55 bits per heavy atom. The monoisotopic (exact) mass is 275 g/mol. The minimum Gasteiger partial charge on any atom is -0.353 e. The summed E-state index contributed by atoms with van der Waals surface area (Å²) in [5, 5.41) is 3.40. The van der Waals surface area contributed by atoms with E-state index < -0.39 is 0 Å². The van der Waals surface area contributed by atoms with Crippen molar-refractivity contribution in [3.05, 3.63) is 72.1 Å². The van der Waals surface area contributed by atoms with Crippen molar-refractivity contribution < 1.29 is 0 Å². The highest BCUT2D eigenvalue weighted by Gasteiger charge is 2.14. The Labute approximate surface area is 121 Å². The molecule has 0 aliphatic heterocycles. The molecule has 0 saturated carbocycles. The van der Waals surface area contributed by atoms with Crippen LogP contribution in [0.5, 0.6) is 0 Å². The van der Waals surface area contributed by atoms with E-state index in [1.54, 1.807) is 11.3 Å². The average Bonchev–Trinajstić information content (AvgIpc) is 3.15. The predicted octanol–water partition coefficient (Wildman–Crippen LogP) is 5.56. The van der Waals surface area contributed by atoms with Gasteiger partial charge in [0.2, 0.25) is 0 Å². The fraction of sp³-hybridized carbons (Fsp3) is 0. The molecule has 20 heavy (non-hydrogen) atoms. The summed E-state index contributed by atoms with van der Waals surface area (Å²) in [6.07, 6.45) is 0. The van der Waals surface area contributed by atoms with E-state index in [4.69, 9.17) is 0 Å². The Morgan fingerprint density at radius 1 is 0.750 bits per heavy atom. The van der Waals surface area contributed by atoms with E-state index in [1.807, 2.05) is 0 Å². The molecule has 4 rings (SSSR count). The molecule has 2 aromatic carbocycles. The largest absolute Gasteiger partial charge is 0.353 e. The molecule has 0 atom stereocenters. The lowest BCUT2D eigenvalue weighted by Crippen LogP contribution is -1.79. The zero-order chi connectivity index (χ0) is 13.4. The molecule has 0 radical (unpaired) electrons. The average molecular weight is 275 g/mol. The number of H-pyrrole nitrogens is 1. The smallest absolute Gasteiger partial charge is 0.0645 e. The van der Waals surface area contributed by atoms with Gasteiger partial charge in [-0.25, -0.2) is 0 Å². The third-order valence-corrected chi connectivity index (χ3v) is 4.42. The summed E-state index contributed by atoms with van der Waals surface area (Å²) < 4.78 is 0. The molecule has 96 valence electrons. The lowest BCUT2D eigenvalue weighted by atomic mass is 10.0. The van der Waals surface area contributed by atoms with Crippen LogP contribution in [-0.4, -0.2) is 4.98 Å². The highest BCUT2D eigenvalue weighted by molar-refractivity contribution is 7.13. The van der Waals surface area contributed by atoms with Gasteiger partial charge in [-0.1, -0.05) is 54.6 Å². The summed E-state index contributed by atoms with van der Waals surface area (Å²) in [7, 11) is 0. The fourth-order valence-corrected chi connectivity index (χ4v) is 3.38. The Kier molecular flexibility index (Phi) is 2.68. The van der Waals surface area contributed by atoms with E-state index in [-0.39, 0.29) is 0 Å². The van der Waals surface area contributed by atoms with Gasteiger partial charge >= 0.3 is 0 Å². The zero-order valence-corrected chi connectivity index (χ0v) is 11.7. The number of thiophene rings is 1. The number of hydrogen-bond acceptors (Lipinski definition) is 1. The van der Waals surface area contributed by atoms with Gasteiger partial charge < -0.3 is 4.98 Å². The van der Waals surface area contributed by atoms with Crippen molar-refractivity contribution in [2.24, 2.45) is 0 Å². The molecule has 0 fully saturated rings. The van der Waals surface area contributed by atoms with Crippen LogP contribution in [0.25, 0.3) is 32.6 Å². The number of aromatic amines is 1. The van der Waals surface area contributed by atoms with Crippen molar-refractivity contribution >= 4 is 22.2 Å². The van der Waals surface area contributed by atoms with Crippen LogP contribution in [0.15, 0.2) is 72.1 Å². The number of nitrogens with one attached hydrogen (secondary N) is 1. The summed E-state index contributed by atoms with van der Waals surface area (Å²) >= 11 is 1.77. The van der Waals surface area contributed by atoms with Gasteiger partial charge in [0.25, 0.3) is 0 Å². The Morgan fingerprint density at radius 3 is 2.35 bits per heavy atom. The molecule has 0 amide bonds. The first kappa shape index (κ1) is 11.5. The third kappa shape index (κ3) is 1.77. The molecule has 1 nitrogen and oxygen atoms in total. The van der Waals surface area contributed by atoms with Gasteiger partial charge in [-0.3, -0.25) is 0 Å². The van der Waals surface area contributed by atoms with Gasteiger partial charge in [-0.15, -0.1) is 11.3 Å². The maximum Gasteiger partial charge on any atom is 0.0645 e. The summed E-state index contributed by atoms with van der Waals surface area (Å²) in [5.74, 6) is 0. The molecule has 2 heterocycles. The highest BCUT2D eigenvalue weighted by atomic mass is 32.1. The fourth-order valence-electron chi connectivity index (χ4n) is 2.65. The van der Waals surface area contributed by atoms with Crippen LogP contribution in [0.2, 0.25) is 0 Å². The first-order chi connectivity index (χ1) is 9.93. The van der Waals surface area contributed by atoms with Crippen LogP contribution in [-0.2, 0) is 0 Å². The second kappa shape index (κ2) is 4.66. The number of hydrogen-bond donors (Lipinski definition) is 1. The minimum atomic E-state index is 1.19. The SMILES string of the molecule is c1ccc(-c2c(-c3cccs3)[nH]c3ccccc23)cc1. The second-order valence-corrected chi connectivity index (χ2v) is 5.71. The van der Waals surface area contributed by atoms with Gasteiger partial charge in [-0.2, -0.15) is 0 Å². The Balaban J connectivity index is 2.09. The maximum atomic E-state index is 3.58. The first-order valence-electron chi connectivity index (χ1n) is 6.63. The normalized spacial score (nSPS) is 11.0. The molecule has 0 spiro atoms. The van der Waals surface area contributed by atoms with Crippen LogP contribution in [0.1, 0.15) is 0 Å². The molecule has 2 heteroatoms. The number of rotatable bonds is 2. The number of aromatic nitrogens is 1. The standard InChI is InChI=1S/C18H13NS/c1-2-7-13(8-3-1)17-14-9-4-5-10-15(14)19-18(17)16-11-6-12-20-16/h1-12,19H. The lowest BCUT2D eigenvalue weighted by molar-refractivity contribution is 1.48. The summed E-state index contributed by atoms with van der Waals surface area (Å²) in [5.41, 5.74) is 4.96. The van der Waals surface area contributed by atoms with E-state index in [0.717, 1.165) is 0 Å². The maximum absolute atomic E-state index is 3.58. The van der Waals surface area contributed by atoms with E-state index >= 15 is 0 Å². The number of benzene rings is 2. The van der Waals surface area contributed by atoms with Gasteiger partial charge in [-0.05, 0) is 23.1 Å². The zero-order valence-electron chi connectivity index (χ0n) is 10.8. The van der Waals surface area contributed by atoms with Crippen LogP contribution in [0, 0.1) is 0 Å². The van der Waals surface area contributed by atoms with Gasteiger partial charge in [0, 0.05) is 16.5 Å². The summed E-state index contributed by atoms with van der Waals surface area (Å²) in [6, 6.07) is 23.4. The first-order valence-corrected chi connectivity index (χ1v) is 7.51. The lowest BCUT2D eigenvalue weighted by Gasteiger charge is -2.03. The molecule has 0 unspecified atom stereocenters. The third-order valence-electron chi connectivity index (χ3n) is 3.54. The van der Waals surface area contributed by atoms with Crippen LogP contribution >= 0.6 is 11.3 Å². The molecule has 0 saturated heterocycles. The quantitative estimate of drug-likeness (QED) is 0.492. The van der Waals surface area contributed by atoms with Crippen molar-refractivity contribution in [2.45, 2.75) is 0 Å². The van der Waals surface area contributed by atoms with Crippen molar-refractivity contribution in [2.75, 3.05) is 0 Å². The van der Waals surface area contributed by atoms with Crippen molar-refractivity contribution in [1.29, 1.82) is 0 Å². The predicted molar refractivity (Wildman–Crippen MR) is 87.0 cm³/mol. The van der Waals surface area contributed by atoms with E-state index in [0.29, 0.717) is 0 Å². The van der Waals surface area contributed by atoms with Crippen LogP contribution in [0.3, 0.4) is 0 Å². The molecular formula is C18H13NS. The molecular weight excluding hydrogens is 262 g/mol. The van der Waals surface area contributed by atoms with Crippen molar-refractivity contribution in [3.63, 3.8) is 0 Å². The number of fused-ring (bicyclic) bond motifs is 1. The van der Waals surface area contributed by atoms with E-state index in [9.17, 15) is 0 Å². The molecule has 4 aromatic rings. The molecule has 2 aromatic heterocycles. The van der Waals surface area contributed by atoms with Gasteiger partial charge in [0.1, 0.15) is 0 Å².